The average molecular weight is 498 g/mol. The molecule has 10 heteroatoms. The molecule has 0 fully saturated rings. The minimum atomic E-state index is -3.81. The molecule has 0 heterocycles. The molecule has 0 radical (unpaired) electrons. The molecule has 0 saturated carbocycles. The molecule has 9 nitrogen and oxygen atoms in total. The van der Waals surface area contributed by atoms with E-state index >= 15 is 0 Å². The number of hydrogen-bond acceptors (Lipinski definition) is 6. The van der Waals surface area contributed by atoms with E-state index < -0.39 is 21.8 Å². The molecular formula is C25H27N3O6S. The zero-order chi connectivity index (χ0) is 25.3. The number of sulfonamides is 1. The van der Waals surface area contributed by atoms with E-state index in [9.17, 15) is 18.0 Å². The summed E-state index contributed by atoms with van der Waals surface area (Å²) in [5.74, 6) is 0.0299. The molecule has 0 aromatic heterocycles. The summed E-state index contributed by atoms with van der Waals surface area (Å²) in [6.07, 6.45) is 0.905. The number of hydrogen-bond donors (Lipinski definition) is 3. The molecule has 35 heavy (non-hydrogen) atoms. The first kappa shape index (κ1) is 25.6. The van der Waals surface area contributed by atoms with Crippen molar-refractivity contribution in [3.63, 3.8) is 0 Å². The van der Waals surface area contributed by atoms with Gasteiger partial charge < -0.3 is 9.47 Å². The minimum absolute atomic E-state index is 0.0778. The Hall–Kier alpha value is -4.05. The third-order valence-electron chi connectivity index (χ3n) is 4.86. The third-order valence-corrected chi connectivity index (χ3v) is 6.26. The Kier molecular flexibility index (Phi) is 8.69. The summed E-state index contributed by atoms with van der Waals surface area (Å²) >= 11 is 0. The maximum absolute atomic E-state index is 12.6. The number of hydrazine groups is 1. The van der Waals surface area contributed by atoms with Crippen LogP contribution in [0.15, 0.2) is 77.7 Å². The predicted octanol–water partition coefficient (Wildman–Crippen LogP) is 3.29. The van der Waals surface area contributed by atoms with Crippen LogP contribution in [0.25, 0.3) is 0 Å². The van der Waals surface area contributed by atoms with Crippen LogP contribution in [0.5, 0.6) is 11.5 Å². The Bertz CT molecular complexity index is 1240. The SMILES string of the molecule is CCOc1ccc(S(=O)(=O)Nc2ccc(C(=O)NNC(=O)COc3ccc(CC)cc3)cc2)cc1. The Labute approximate surface area is 204 Å². The van der Waals surface area contributed by atoms with Gasteiger partial charge in [-0.05, 0) is 79.6 Å². The van der Waals surface area contributed by atoms with Gasteiger partial charge in [-0.2, -0.15) is 0 Å². The zero-order valence-electron chi connectivity index (χ0n) is 19.4. The van der Waals surface area contributed by atoms with Crippen molar-refractivity contribution in [2.75, 3.05) is 17.9 Å². The highest BCUT2D eigenvalue weighted by atomic mass is 32.2. The van der Waals surface area contributed by atoms with Gasteiger partial charge >= 0.3 is 0 Å². The summed E-state index contributed by atoms with van der Waals surface area (Å²) in [7, 11) is -3.81. The van der Waals surface area contributed by atoms with Crippen molar-refractivity contribution in [3.05, 3.63) is 83.9 Å². The molecule has 0 aliphatic heterocycles. The monoisotopic (exact) mass is 497 g/mol. The predicted molar refractivity (Wildman–Crippen MR) is 132 cm³/mol. The summed E-state index contributed by atoms with van der Waals surface area (Å²) in [4.78, 5) is 24.3. The highest BCUT2D eigenvalue weighted by molar-refractivity contribution is 7.92. The lowest BCUT2D eigenvalue weighted by Crippen LogP contribution is -2.43. The lowest BCUT2D eigenvalue weighted by molar-refractivity contribution is -0.123. The van der Waals surface area contributed by atoms with Crippen molar-refractivity contribution >= 4 is 27.5 Å². The number of carbonyl (C=O) groups is 2. The van der Waals surface area contributed by atoms with Crippen LogP contribution < -0.4 is 25.0 Å². The molecule has 2 amide bonds. The Morgan fingerprint density at radius 3 is 1.97 bits per heavy atom. The van der Waals surface area contributed by atoms with E-state index in [0.717, 1.165) is 12.0 Å². The maximum atomic E-state index is 12.6. The second kappa shape index (κ2) is 11.9. The van der Waals surface area contributed by atoms with E-state index in [1.54, 1.807) is 24.3 Å². The largest absolute Gasteiger partial charge is 0.494 e. The summed E-state index contributed by atoms with van der Waals surface area (Å²) in [6.45, 7) is 4.10. The fourth-order valence-corrected chi connectivity index (χ4v) is 4.05. The molecule has 0 atom stereocenters. The van der Waals surface area contributed by atoms with Crippen molar-refractivity contribution in [1.82, 2.24) is 10.9 Å². The van der Waals surface area contributed by atoms with Crippen LogP contribution in [-0.4, -0.2) is 33.4 Å². The van der Waals surface area contributed by atoms with Gasteiger partial charge in [0.25, 0.3) is 21.8 Å². The number of carbonyl (C=O) groups excluding carboxylic acids is 2. The van der Waals surface area contributed by atoms with Crippen molar-refractivity contribution in [2.45, 2.75) is 25.2 Å². The molecule has 0 aliphatic rings. The van der Waals surface area contributed by atoms with Crippen LogP contribution in [0.3, 0.4) is 0 Å². The summed E-state index contributed by atoms with van der Waals surface area (Å²) in [5, 5.41) is 0. The quantitative estimate of drug-likeness (QED) is 0.370. The zero-order valence-corrected chi connectivity index (χ0v) is 20.2. The van der Waals surface area contributed by atoms with Crippen molar-refractivity contribution < 1.29 is 27.5 Å². The van der Waals surface area contributed by atoms with Gasteiger partial charge in [-0.1, -0.05) is 19.1 Å². The van der Waals surface area contributed by atoms with Crippen molar-refractivity contribution in [1.29, 1.82) is 0 Å². The Morgan fingerprint density at radius 2 is 1.37 bits per heavy atom. The third kappa shape index (κ3) is 7.47. The highest BCUT2D eigenvalue weighted by Crippen LogP contribution is 2.20. The van der Waals surface area contributed by atoms with Crippen molar-refractivity contribution in [3.8, 4) is 11.5 Å². The molecule has 3 aromatic carbocycles. The molecule has 3 aromatic rings. The van der Waals surface area contributed by atoms with Gasteiger partial charge in [-0.15, -0.1) is 0 Å². The molecule has 0 saturated heterocycles. The van der Waals surface area contributed by atoms with E-state index in [4.69, 9.17) is 9.47 Å². The first-order chi connectivity index (χ1) is 16.8. The van der Waals surface area contributed by atoms with Gasteiger partial charge in [0.05, 0.1) is 11.5 Å². The minimum Gasteiger partial charge on any atom is -0.494 e. The normalized spacial score (nSPS) is 10.8. The topological polar surface area (TPSA) is 123 Å². The van der Waals surface area contributed by atoms with E-state index in [-0.39, 0.29) is 22.8 Å². The van der Waals surface area contributed by atoms with Crippen LogP contribution in [0.4, 0.5) is 5.69 Å². The van der Waals surface area contributed by atoms with E-state index in [2.05, 4.69) is 15.6 Å². The molecule has 3 N–H and O–H groups in total. The van der Waals surface area contributed by atoms with Crippen LogP contribution >= 0.6 is 0 Å². The number of anilines is 1. The van der Waals surface area contributed by atoms with E-state index in [0.29, 0.717) is 18.1 Å². The number of amides is 2. The lowest BCUT2D eigenvalue weighted by atomic mass is 10.2. The van der Waals surface area contributed by atoms with Gasteiger partial charge in [0.2, 0.25) is 0 Å². The number of ether oxygens (including phenoxy) is 2. The fourth-order valence-electron chi connectivity index (χ4n) is 2.99. The molecule has 3 rings (SSSR count). The molecule has 0 spiro atoms. The van der Waals surface area contributed by atoms with Crippen LogP contribution in [0.1, 0.15) is 29.8 Å². The number of rotatable bonds is 10. The molecule has 0 unspecified atom stereocenters. The van der Waals surface area contributed by atoms with Gasteiger partial charge in [0, 0.05) is 11.3 Å². The summed E-state index contributed by atoms with van der Waals surface area (Å²) < 4.78 is 38.3. The maximum Gasteiger partial charge on any atom is 0.276 e. The second-order valence-electron chi connectivity index (χ2n) is 7.38. The molecule has 184 valence electrons. The average Bonchev–Trinajstić information content (AvgIpc) is 2.87. The molecular weight excluding hydrogens is 470 g/mol. The first-order valence-electron chi connectivity index (χ1n) is 11.0. The summed E-state index contributed by atoms with van der Waals surface area (Å²) in [5.41, 5.74) is 6.23. The van der Waals surface area contributed by atoms with E-state index in [1.165, 1.54) is 36.4 Å². The van der Waals surface area contributed by atoms with Crippen molar-refractivity contribution in [2.24, 2.45) is 0 Å². The Balaban J connectivity index is 1.49. The molecule has 0 bridgehead atoms. The lowest BCUT2D eigenvalue weighted by Gasteiger charge is -2.11. The Morgan fingerprint density at radius 1 is 0.771 bits per heavy atom. The highest BCUT2D eigenvalue weighted by Gasteiger charge is 2.15. The van der Waals surface area contributed by atoms with Gasteiger partial charge in [0.15, 0.2) is 6.61 Å². The number of aryl methyl sites for hydroxylation is 1. The fraction of sp³-hybridized carbons (Fsp3) is 0.200. The first-order valence-corrected chi connectivity index (χ1v) is 12.5. The van der Waals surface area contributed by atoms with E-state index in [1.807, 2.05) is 26.0 Å². The smallest absolute Gasteiger partial charge is 0.276 e. The molecule has 0 aliphatic carbocycles. The van der Waals surface area contributed by atoms with Crippen LogP contribution in [0.2, 0.25) is 0 Å². The van der Waals surface area contributed by atoms with Crippen LogP contribution in [-0.2, 0) is 21.2 Å². The number of benzene rings is 3. The second-order valence-corrected chi connectivity index (χ2v) is 9.06. The summed E-state index contributed by atoms with van der Waals surface area (Å²) in [6, 6.07) is 19.2. The van der Waals surface area contributed by atoms with Crippen LogP contribution in [0, 0.1) is 0 Å². The standard InChI is InChI=1S/C25H27N3O6S/c1-3-18-5-11-22(12-6-18)34-17-24(29)26-27-25(30)19-7-9-20(10-8-19)28-35(31,32)23-15-13-21(14-16-23)33-4-2/h5-16,28H,3-4,17H2,1-2H3,(H,26,29)(H,27,30). The van der Waals surface area contributed by atoms with Gasteiger partial charge in [-0.25, -0.2) is 8.42 Å². The number of nitrogens with one attached hydrogen (secondary N) is 3. The van der Waals surface area contributed by atoms with Gasteiger partial charge in [-0.3, -0.25) is 25.2 Å². The van der Waals surface area contributed by atoms with Gasteiger partial charge in [0.1, 0.15) is 11.5 Å².